The number of urea groups is 1. The molecule has 0 saturated heterocycles. The number of amides is 2. The van der Waals surface area contributed by atoms with Gasteiger partial charge in [-0.1, -0.05) is 0 Å². The number of nitrogens with one attached hydrogen (secondary N) is 2. The van der Waals surface area contributed by atoms with Crippen molar-refractivity contribution < 1.29 is 23.0 Å². The highest BCUT2D eigenvalue weighted by Gasteiger charge is 2.22. The van der Waals surface area contributed by atoms with Crippen LogP contribution in [0.2, 0.25) is 0 Å². The van der Waals surface area contributed by atoms with Gasteiger partial charge in [0.2, 0.25) is 0 Å². The van der Waals surface area contributed by atoms with Crippen molar-refractivity contribution in [3.8, 4) is 11.5 Å². The first-order valence-corrected chi connectivity index (χ1v) is 7.33. The maximum absolute atomic E-state index is 12.7. The summed E-state index contributed by atoms with van der Waals surface area (Å²) in [6.45, 7) is 3.11. The van der Waals surface area contributed by atoms with E-state index in [1.54, 1.807) is 24.3 Å². The minimum absolute atomic E-state index is 0.0139. The lowest BCUT2D eigenvalue weighted by Crippen LogP contribution is -2.20. The molecule has 0 aromatic heterocycles. The Morgan fingerprint density at radius 2 is 1.42 bits per heavy atom. The number of ether oxygens (including phenoxy) is 2. The predicted octanol–water partition coefficient (Wildman–Crippen LogP) is 4.72. The van der Waals surface area contributed by atoms with Gasteiger partial charge in [0.1, 0.15) is 11.5 Å². The average Bonchev–Trinajstić information content (AvgIpc) is 2.50. The molecule has 0 radical (unpaired) electrons. The first kappa shape index (κ1) is 17.5. The second kappa shape index (κ2) is 7.63. The zero-order valence-corrected chi connectivity index (χ0v) is 13.3. The second-order valence-corrected chi connectivity index (χ2v) is 4.97. The zero-order valence-electron chi connectivity index (χ0n) is 13.3. The molecule has 0 aliphatic heterocycles. The number of hydrogen-bond donors (Lipinski definition) is 2. The summed E-state index contributed by atoms with van der Waals surface area (Å²) in [7, 11) is 0. The van der Waals surface area contributed by atoms with Gasteiger partial charge in [-0.2, -0.15) is 8.78 Å². The monoisotopic (exact) mass is 336 g/mol. The molecule has 5 nitrogen and oxygen atoms in total. The fourth-order valence-electron chi connectivity index (χ4n) is 1.91. The van der Waals surface area contributed by atoms with Crippen LogP contribution in [0.1, 0.15) is 13.8 Å². The van der Waals surface area contributed by atoms with Crippen molar-refractivity contribution in [1.82, 2.24) is 0 Å². The molecule has 0 saturated carbocycles. The number of halogens is 2. The number of carbonyl (C=O) groups is 1. The molecule has 2 rings (SSSR count). The first-order valence-electron chi connectivity index (χ1n) is 7.33. The van der Waals surface area contributed by atoms with Crippen LogP contribution in [0.4, 0.5) is 25.0 Å². The lowest BCUT2D eigenvalue weighted by molar-refractivity contribution is -0.158. The summed E-state index contributed by atoms with van der Waals surface area (Å²) in [4.78, 5) is 11.9. The predicted molar refractivity (Wildman–Crippen MR) is 87.9 cm³/mol. The highest BCUT2D eigenvalue weighted by atomic mass is 19.3. The van der Waals surface area contributed by atoms with E-state index in [0.717, 1.165) is 0 Å². The van der Waals surface area contributed by atoms with E-state index in [1.165, 1.54) is 24.3 Å². The summed E-state index contributed by atoms with van der Waals surface area (Å²) in [6, 6.07) is 12.1. The van der Waals surface area contributed by atoms with Crippen molar-refractivity contribution in [2.75, 3.05) is 17.2 Å². The molecule has 0 heterocycles. The molecule has 0 atom stereocenters. The molecule has 0 aliphatic carbocycles. The Morgan fingerprint density at radius 3 is 1.83 bits per heavy atom. The quantitative estimate of drug-likeness (QED) is 0.802. The molecular weight excluding hydrogens is 318 g/mol. The average molecular weight is 336 g/mol. The van der Waals surface area contributed by atoms with Crippen LogP contribution in [-0.2, 0) is 0 Å². The zero-order chi connectivity index (χ0) is 17.6. The van der Waals surface area contributed by atoms with E-state index in [4.69, 9.17) is 4.74 Å². The van der Waals surface area contributed by atoms with E-state index in [9.17, 15) is 13.6 Å². The Balaban J connectivity index is 1.89. The third kappa shape index (κ3) is 5.75. The van der Waals surface area contributed by atoms with Gasteiger partial charge in [0.25, 0.3) is 0 Å². The summed E-state index contributed by atoms with van der Waals surface area (Å²) in [5.74, 6) is 0.728. The molecule has 24 heavy (non-hydrogen) atoms. The van der Waals surface area contributed by atoms with E-state index in [2.05, 4.69) is 15.4 Å². The van der Waals surface area contributed by atoms with Gasteiger partial charge in [-0.25, -0.2) is 4.79 Å². The van der Waals surface area contributed by atoms with Crippen molar-refractivity contribution in [2.45, 2.75) is 20.0 Å². The number of hydrogen-bond acceptors (Lipinski definition) is 3. The molecule has 2 aromatic rings. The number of anilines is 2. The summed E-state index contributed by atoms with van der Waals surface area (Å²) >= 11 is 0. The van der Waals surface area contributed by atoms with Gasteiger partial charge >= 0.3 is 12.1 Å². The third-order valence-electron chi connectivity index (χ3n) is 2.83. The highest BCUT2D eigenvalue weighted by Crippen LogP contribution is 2.23. The Morgan fingerprint density at radius 1 is 0.958 bits per heavy atom. The SMILES string of the molecule is CCOc1ccc(NC(=O)Nc2ccc(OC(C)(F)F)cc2)cc1. The standard InChI is InChI=1S/C17H18F2N2O3/c1-3-23-14-8-4-12(5-9-14)20-16(22)21-13-6-10-15(11-7-13)24-17(2,18)19/h4-11H,3H2,1-2H3,(H2,20,21,22). The molecule has 0 fully saturated rings. The van der Waals surface area contributed by atoms with Gasteiger partial charge in [-0.3, -0.25) is 0 Å². The van der Waals surface area contributed by atoms with Crippen LogP contribution < -0.4 is 20.1 Å². The summed E-state index contributed by atoms with van der Waals surface area (Å²) in [6.07, 6.45) is -3.25. The van der Waals surface area contributed by atoms with E-state index in [0.29, 0.717) is 30.7 Å². The molecule has 2 amide bonds. The van der Waals surface area contributed by atoms with E-state index in [-0.39, 0.29) is 5.75 Å². The number of carbonyl (C=O) groups excluding carboxylic acids is 1. The number of rotatable bonds is 6. The minimum atomic E-state index is -3.25. The smallest absolute Gasteiger partial charge is 0.394 e. The van der Waals surface area contributed by atoms with Gasteiger partial charge in [0.15, 0.2) is 0 Å². The van der Waals surface area contributed by atoms with E-state index in [1.807, 2.05) is 6.92 Å². The van der Waals surface area contributed by atoms with Crippen molar-refractivity contribution >= 4 is 17.4 Å². The summed E-state index contributed by atoms with van der Waals surface area (Å²) < 4.78 is 35.2. The van der Waals surface area contributed by atoms with Crippen LogP contribution in [-0.4, -0.2) is 18.7 Å². The van der Waals surface area contributed by atoms with Crippen molar-refractivity contribution in [3.05, 3.63) is 48.5 Å². The maximum atomic E-state index is 12.7. The molecule has 0 aliphatic rings. The lowest BCUT2D eigenvalue weighted by Gasteiger charge is -2.13. The Hall–Kier alpha value is -2.83. The summed E-state index contributed by atoms with van der Waals surface area (Å²) in [5.41, 5.74) is 1.05. The fourth-order valence-corrected chi connectivity index (χ4v) is 1.91. The van der Waals surface area contributed by atoms with Crippen LogP contribution in [0.15, 0.2) is 48.5 Å². The molecule has 2 aromatic carbocycles. The topological polar surface area (TPSA) is 59.6 Å². The van der Waals surface area contributed by atoms with Crippen molar-refractivity contribution in [1.29, 1.82) is 0 Å². The molecule has 0 unspecified atom stereocenters. The van der Waals surface area contributed by atoms with E-state index < -0.39 is 12.1 Å². The van der Waals surface area contributed by atoms with Crippen LogP contribution in [0.25, 0.3) is 0 Å². The van der Waals surface area contributed by atoms with Gasteiger partial charge in [-0.05, 0) is 55.5 Å². The molecule has 0 spiro atoms. The fraction of sp³-hybridized carbons (Fsp3) is 0.235. The molecule has 128 valence electrons. The van der Waals surface area contributed by atoms with Crippen LogP contribution in [0.3, 0.4) is 0 Å². The normalized spacial score (nSPS) is 10.8. The van der Waals surface area contributed by atoms with E-state index >= 15 is 0 Å². The van der Waals surface area contributed by atoms with Crippen molar-refractivity contribution in [3.63, 3.8) is 0 Å². The van der Waals surface area contributed by atoms with Crippen LogP contribution in [0.5, 0.6) is 11.5 Å². The van der Waals surface area contributed by atoms with Crippen LogP contribution >= 0.6 is 0 Å². The number of benzene rings is 2. The molecule has 7 heteroatoms. The summed E-state index contributed by atoms with van der Waals surface area (Å²) in [5, 5.41) is 5.25. The molecular formula is C17H18F2N2O3. The second-order valence-electron chi connectivity index (χ2n) is 4.97. The Kier molecular flexibility index (Phi) is 5.57. The molecule has 0 bridgehead atoms. The number of alkyl halides is 2. The van der Waals surface area contributed by atoms with Crippen LogP contribution in [0, 0.1) is 0 Å². The van der Waals surface area contributed by atoms with Gasteiger partial charge in [0.05, 0.1) is 6.61 Å². The largest absolute Gasteiger partial charge is 0.494 e. The Labute approximate surface area is 138 Å². The third-order valence-corrected chi connectivity index (χ3v) is 2.83. The lowest BCUT2D eigenvalue weighted by atomic mass is 10.3. The minimum Gasteiger partial charge on any atom is -0.494 e. The molecule has 2 N–H and O–H groups in total. The highest BCUT2D eigenvalue weighted by molar-refractivity contribution is 5.99. The Bertz CT molecular complexity index is 668. The first-order chi connectivity index (χ1) is 11.4. The van der Waals surface area contributed by atoms with Gasteiger partial charge < -0.3 is 20.1 Å². The van der Waals surface area contributed by atoms with Gasteiger partial charge in [-0.15, -0.1) is 0 Å². The van der Waals surface area contributed by atoms with Gasteiger partial charge in [0, 0.05) is 18.3 Å². The van der Waals surface area contributed by atoms with Crippen molar-refractivity contribution in [2.24, 2.45) is 0 Å². The maximum Gasteiger partial charge on any atom is 0.394 e.